The van der Waals surface area contributed by atoms with Crippen LogP contribution in [0.15, 0.2) is 60.9 Å². The second kappa shape index (κ2) is 10.2. The maximum atomic E-state index is 12.6. The first kappa shape index (κ1) is 24.5. The van der Waals surface area contributed by atoms with Crippen LogP contribution in [-0.2, 0) is 16.6 Å². The molecule has 0 aliphatic carbocycles. The molecule has 1 amide bonds. The minimum absolute atomic E-state index is 0.0442. The normalized spacial score (nSPS) is 12.0. The number of hydroxylamine groups is 1. The van der Waals surface area contributed by atoms with E-state index in [4.69, 9.17) is 10.6 Å². The molecule has 1 atom stereocenters. The Morgan fingerprint density at radius 1 is 0.971 bits per heavy atom. The molecule has 3 aromatic rings. The number of rotatable bonds is 7. The summed E-state index contributed by atoms with van der Waals surface area (Å²) in [5, 5.41) is 28.5. The summed E-state index contributed by atoms with van der Waals surface area (Å²) in [7, 11) is 0. The number of amidine groups is 1. The molecule has 1 heterocycles. The number of aromatic nitrogens is 2. The summed E-state index contributed by atoms with van der Waals surface area (Å²) in [5.41, 5.74) is 4.93. The van der Waals surface area contributed by atoms with E-state index in [1.165, 1.54) is 12.4 Å². The number of aliphatic carboxylic acids is 1. The number of nitrogens with one attached hydrogen (secondary N) is 3. The molecule has 0 bridgehead atoms. The number of nitrogens with zero attached hydrogens (tertiary/aromatic N) is 2. The van der Waals surface area contributed by atoms with Crippen LogP contribution in [0.25, 0.3) is 11.4 Å². The van der Waals surface area contributed by atoms with Crippen molar-refractivity contribution in [2.75, 3.05) is 0 Å². The van der Waals surface area contributed by atoms with Gasteiger partial charge in [0.2, 0.25) is 0 Å². The third kappa shape index (κ3) is 6.02. The quantitative estimate of drug-likeness (QED) is 0.206. The van der Waals surface area contributed by atoms with Gasteiger partial charge in [-0.3, -0.25) is 20.9 Å². The number of hydrogen-bond acceptors (Lipinski definition) is 6. The Hall–Kier alpha value is -4.11. The standard InChI is InChI=1S/C25H27N5O4/c1-25(2,3)19-10-8-17(9-11-19)23(31)29-20(24(32)33)12-15-4-6-16(7-5-15)22-27-13-18(14-28-22)21(26)30-34/h4-11,13-14,20,34H,12H2,1-3H3,(H2,26,30)(H,29,31)(H,32,33)/t20-/m0/s1. The lowest BCUT2D eigenvalue weighted by molar-refractivity contribution is -0.139. The SMILES string of the molecule is CC(C)(C)c1ccc(C(=O)N[C@@H](Cc2ccc(-c3ncc(C(=N)NO)cn3)cc2)C(=O)O)cc1. The van der Waals surface area contributed by atoms with Crippen molar-refractivity contribution >= 4 is 17.7 Å². The van der Waals surface area contributed by atoms with Gasteiger partial charge in [-0.05, 0) is 28.7 Å². The summed E-state index contributed by atoms with van der Waals surface area (Å²) < 4.78 is 0. The minimum atomic E-state index is -1.12. The van der Waals surface area contributed by atoms with E-state index in [0.717, 1.165) is 11.1 Å². The van der Waals surface area contributed by atoms with Gasteiger partial charge in [0.1, 0.15) is 6.04 Å². The number of carboxylic acids is 1. The highest BCUT2D eigenvalue weighted by atomic mass is 16.5. The van der Waals surface area contributed by atoms with Crippen LogP contribution in [0.2, 0.25) is 0 Å². The molecule has 0 unspecified atom stereocenters. The first-order chi connectivity index (χ1) is 16.1. The van der Waals surface area contributed by atoms with Crippen LogP contribution in [0.1, 0.15) is 47.8 Å². The molecule has 176 valence electrons. The lowest BCUT2D eigenvalue weighted by atomic mass is 9.86. The molecule has 1 aromatic heterocycles. The van der Waals surface area contributed by atoms with E-state index in [9.17, 15) is 14.7 Å². The summed E-state index contributed by atoms with van der Waals surface area (Å²) >= 11 is 0. The Morgan fingerprint density at radius 3 is 2.06 bits per heavy atom. The molecular formula is C25H27N5O4. The van der Waals surface area contributed by atoms with E-state index < -0.39 is 17.9 Å². The Balaban J connectivity index is 1.68. The molecule has 34 heavy (non-hydrogen) atoms. The average Bonchev–Trinajstić information content (AvgIpc) is 2.83. The highest BCUT2D eigenvalue weighted by Crippen LogP contribution is 2.22. The lowest BCUT2D eigenvalue weighted by Crippen LogP contribution is -2.42. The third-order valence-corrected chi connectivity index (χ3v) is 5.32. The number of carboxylic acid groups (broad SMARTS) is 1. The zero-order valence-corrected chi connectivity index (χ0v) is 19.2. The van der Waals surface area contributed by atoms with Crippen LogP contribution >= 0.6 is 0 Å². The predicted octanol–water partition coefficient (Wildman–Crippen LogP) is 3.17. The fourth-order valence-electron chi connectivity index (χ4n) is 3.26. The second-order valence-electron chi connectivity index (χ2n) is 8.87. The molecule has 9 nitrogen and oxygen atoms in total. The largest absolute Gasteiger partial charge is 0.480 e. The summed E-state index contributed by atoms with van der Waals surface area (Å²) in [6.45, 7) is 6.24. The van der Waals surface area contributed by atoms with Crippen LogP contribution < -0.4 is 10.8 Å². The Morgan fingerprint density at radius 2 is 1.56 bits per heavy atom. The van der Waals surface area contributed by atoms with Gasteiger partial charge in [0, 0.05) is 29.9 Å². The molecule has 3 rings (SSSR count). The lowest BCUT2D eigenvalue weighted by Gasteiger charge is -2.19. The van der Waals surface area contributed by atoms with Crippen molar-refractivity contribution in [2.24, 2.45) is 0 Å². The van der Waals surface area contributed by atoms with Crippen LogP contribution in [0.5, 0.6) is 0 Å². The van der Waals surface area contributed by atoms with Crippen LogP contribution in [0.4, 0.5) is 0 Å². The number of carbonyl (C=O) groups is 2. The number of hydrogen-bond donors (Lipinski definition) is 5. The van der Waals surface area contributed by atoms with Crippen molar-refractivity contribution in [1.82, 2.24) is 20.8 Å². The molecule has 0 radical (unpaired) electrons. The van der Waals surface area contributed by atoms with E-state index in [1.54, 1.807) is 41.9 Å². The molecular weight excluding hydrogens is 434 g/mol. The van der Waals surface area contributed by atoms with Gasteiger partial charge in [-0.25, -0.2) is 14.8 Å². The van der Waals surface area contributed by atoms with Gasteiger partial charge in [-0.1, -0.05) is 57.2 Å². The highest BCUT2D eigenvalue weighted by molar-refractivity contribution is 5.96. The van der Waals surface area contributed by atoms with Crippen molar-refractivity contribution in [2.45, 2.75) is 38.6 Å². The number of carbonyl (C=O) groups excluding carboxylic acids is 1. The van der Waals surface area contributed by atoms with Crippen molar-refractivity contribution in [3.63, 3.8) is 0 Å². The van der Waals surface area contributed by atoms with Crippen molar-refractivity contribution < 1.29 is 19.9 Å². The summed E-state index contributed by atoms with van der Waals surface area (Å²) in [5.74, 6) is -1.36. The smallest absolute Gasteiger partial charge is 0.326 e. The summed E-state index contributed by atoms with van der Waals surface area (Å²) in [4.78, 5) is 32.8. The number of benzene rings is 2. The maximum absolute atomic E-state index is 12.6. The van der Waals surface area contributed by atoms with Gasteiger partial charge < -0.3 is 10.4 Å². The Labute approximate surface area is 197 Å². The molecule has 9 heteroatoms. The topological polar surface area (TPSA) is 148 Å². The van der Waals surface area contributed by atoms with Crippen LogP contribution in [-0.4, -0.2) is 44.0 Å². The predicted molar refractivity (Wildman–Crippen MR) is 127 cm³/mol. The van der Waals surface area contributed by atoms with E-state index in [1.807, 2.05) is 12.1 Å². The van der Waals surface area contributed by atoms with Crippen molar-refractivity contribution in [3.05, 3.63) is 83.2 Å². The van der Waals surface area contributed by atoms with E-state index in [0.29, 0.717) is 22.5 Å². The fraction of sp³-hybridized carbons (Fsp3) is 0.240. The second-order valence-corrected chi connectivity index (χ2v) is 8.87. The fourth-order valence-corrected chi connectivity index (χ4v) is 3.26. The Kier molecular flexibility index (Phi) is 7.37. The molecule has 0 saturated carbocycles. The highest BCUT2D eigenvalue weighted by Gasteiger charge is 2.22. The zero-order valence-electron chi connectivity index (χ0n) is 19.2. The third-order valence-electron chi connectivity index (χ3n) is 5.32. The molecule has 0 fully saturated rings. The Bertz CT molecular complexity index is 1170. The van der Waals surface area contributed by atoms with Crippen LogP contribution in [0, 0.1) is 5.41 Å². The average molecular weight is 462 g/mol. The van der Waals surface area contributed by atoms with Gasteiger partial charge >= 0.3 is 5.97 Å². The maximum Gasteiger partial charge on any atom is 0.326 e. The molecule has 0 saturated heterocycles. The molecule has 5 N–H and O–H groups in total. The van der Waals surface area contributed by atoms with Crippen molar-refractivity contribution in [1.29, 1.82) is 5.41 Å². The van der Waals surface area contributed by atoms with Gasteiger partial charge in [0.05, 0.1) is 5.56 Å². The molecule has 0 aliphatic rings. The van der Waals surface area contributed by atoms with E-state index >= 15 is 0 Å². The first-order valence-electron chi connectivity index (χ1n) is 10.6. The monoisotopic (exact) mass is 461 g/mol. The minimum Gasteiger partial charge on any atom is -0.480 e. The van der Waals surface area contributed by atoms with Gasteiger partial charge in [0.25, 0.3) is 5.91 Å². The van der Waals surface area contributed by atoms with Gasteiger partial charge in [0.15, 0.2) is 11.7 Å². The van der Waals surface area contributed by atoms with E-state index in [-0.39, 0.29) is 17.7 Å². The summed E-state index contributed by atoms with van der Waals surface area (Å²) in [6.07, 6.45) is 2.93. The van der Waals surface area contributed by atoms with Gasteiger partial charge in [-0.15, -0.1) is 0 Å². The van der Waals surface area contributed by atoms with Crippen LogP contribution in [0.3, 0.4) is 0 Å². The zero-order chi connectivity index (χ0) is 24.9. The van der Waals surface area contributed by atoms with E-state index in [2.05, 4.69) is 36.1 Å². The molecule has 2 aromatic carbocycles. The van der Waals surface area contributed by atoms with Gasteiger partial charge in [-0.2, -0.15) is 0 Å². The summed E-state index contributed by atoms with van der Waals surface area (Å²) in [6, 6.07) is 13.1. The molecule has 0 spiro atoms. The van der Waals surface area contributed by atoms with Crippen molar-refractivity contribution in [3.8, 4) is 11.4 Å². The first-order valence-corrected chi connectivity index (χ1v) is 10.6. The molecule has 0 aliphatic heterocycles. The number of amides is 1.